The highest BCUT2D eigenvalue weighted by molar-refractivity contribution is 6.04. The Labute approximate surface area is 90.5 Å². The van der Waals surface area contributed by atoms with Crippen molar-refractivity contribution < 1.29 is 9.18 Å². The van der Waals surface area contributed by atoms with Gasteiger partial charge >= 0.3 is 0 Å². The van der Waals surface area contributed by atoms with Gasteiger partial charge < -0.3 is 11.1 Å². The molecule has 0 saturated carbocycles. The normalized spacial score (nSPS) is 10.1. The Kier molecular flexibility index (Phi) is 2.55. The summed E-state index contributed by atoms with van der Waals surface area (Å²) < 4.78 is 12.9. The van der Waals surface area contributed by atoms with E-state index in [1.54, 1.807) is 0 Å². The summed E-state index contributed by atoms with van der Waals surface area (Å²) in [5, 5.41) is 8.81. The van der Waals surface area contributed by atoms with Crippen LogP contribution in [-0.2, 0) is 0 Å². The Morgan fingerprint density at radius 1 is 1.50 bits per heavy atom. The number of nitrogens with one attached hydrogen (secondary N) is 2. The van der Waals surface area contributed by atoms with Crippen LogP contribution in [0.4, 0.5) is 15.8 Å². The van der Waals surface area contributed by atoms with E-state index in [4.69, 9.17) is 5.73 Å². The molecule has 0 fully saturated rings. The molecule has 0 radical (unpaired) electrons. The van der Waals surface area contributed by atoms with Crippen molar-refractivity contribution in [3.8, 4) is 0 Å². The maximum absolute atomic E-state index is 12.9. The van der Waals surface area contributed by atoms with Crippen molar-refractivity contribution >= 4 is 17.3 Å². The van der Waals surface area contributed by atoms with Gasteiger partial charge in [0.25, 0.3) is 5.91 Å². The van der Waals surface area contributed by atoms with E-state index in [-0.39, 0.29) is 11.6 Å². The zero-order valence-electron chi connectivity index (χ0n) is 8.20. The topological polar surface area (TPSA) is 83.8 Å². The minimum Gasteiger partial charge on any atom is -0.396 e. The van der Waals surface area contributed by atoms with Crippen LogP contribution in [-0.4, -0.2) is 16.1 Å². The molecule has 0 aliphatic rings. The van der Waals surface area contributed by atoms with Crippen molar-refractivity contribution in [1.29, 1.82) is 0 Å². The third kappa shape index (κ3) is 2.00. The van der Waals surface area contributed by atoms with Gasteiger partial charge in [0.15, 0.2) is 0 Å². The van der Waals surface area contributed by atoms with Crippen LogP contribution in [0.3, 0.4) is 0 Å². The van der Waals surface area contributed by atoms with E-state index < -0.39 is 5.82 Å². The smallest absolute Gasteiger partial charge is 0.255 e. The summed E-state index contributed by atoms with van der Waals surface area (Å²) in [6.07, 6.45) is 3.00. The number of aromatic nitrogens is 2. The molecule has 6 heteroatoms. The average molecular weight is 220 g/mol. The Bertz CT molecular complexity index is 510. The third-order valence-corrected chi connectivity index (χ3v) is 2.01. The molecule has 82 valence electrons. The maximum Gasteiger partial charge on any atom is 0.255 e. The minimum absolute atomic E-state index is 0.0557. The second-order valence-corrected chi connectivity index (χ2v) is 3.18. The standard InChI is InChI=1S/C10H9FN4O/c11-8-2-1-6(3-9(8)12)10(16)15-7-4-13-14-5-7/h1-5H,12H2,(H,13,14)(H,15,16). The Morgan fingerprint density at radius 3 is 2.94 bits per heavy atom. The first-order chi connectivity index (χ1) is 7.66. The van der Waals surface area contributed by atoms with Gasteiger partial charge in [-0.15, -0.1) is 0 Å². The van der Waals surface area contributed by atoms with Gasteiger partial charge in [-0.2, -0.15) is 5.10 Å². The average Bonchev–Trinajstić information content (AvgIpc) is 2.74. The van der Waals surface area contributed by atoms with Gasteiger partial charge in [0.05, 0.1) is 17.6 Å². The highest BCUT2D eigenvalue weighted by Crippen LogP contribution is 2.13. The maximum atomic E-state index is 12.9. The van der Waals surface area contributed by atoms with Crippen LogP contribution in [0.25, 0.3) is 0 Å². The number of amides is 1. The van der Waals surface area contributed by atoms with Crippen LogP contribution in [0.5, 0.6) is 0 Å². The molecule has 0 aliphatic heterocycles. The van der Waals surface area contributed by atoms with Gasteiger partial charge in [-0.3, -0.25) is 9.89 Å². The molecule has 16 heavy (non-hydrogen) atoms. The second-order valence-electron chi connectivity index (χ2n) is 3.18. The fourth-order valence-corrected chi connectivity index (χ4v) is 1.21. The molecule has 0 aliphatic carbocycles. The molecule has 0 unspecified atom stereocenters. The number of carbonyl (C=O) groups excluding carboxylic acids is 1. The summed E-state index contributed by atoms with van der Waals surface area (Å²) in [6.45, 7) is 0. The first-order valence-corrected chi connectivity index (χ1v) is 4.52. The summed E-state index contributed by atoms with van der Waals surface area (Å²) in [4.78, 5) is 11.6. The molecule has 0 atom stereocenters. The van der Waals surface area contributed by atoms with E-state index in [2.05, 4.69) is 15.5 Å². The molecular formula is C10H9FN4O. The molecule has 0 bridgehead atoms. The molecule has 5 nitrogen and oxygen atoms in total. The molecule has 4 N–H and O–H groups in total. The van der Waals surface area contributed by atoms with Crippen LogP contribution in [0.2, 0.25) is 0 Å². The van der Waals surface area contributed by atoms with Crippen molar-refractivity contribution in [3.05, 3.63) is 42.0 Å². The number of nitrogens with zero attached hydrogens (tertiary/aromatic N) is 1. The summed E-state index contributed by atoms with van der Waals surface area (Å²) in [5.41, 5.74) is 6.13. The molecule has 2 rings (SSSR count). The Balaban J connectivity index is 2.18. The van der Waals surface area contributed by atoms with Crippen molar-refractivity contribution in [2.45, 2.75) is 0 Å². The molecule has 0 spiro atoms. The first kappa shape index (κ1) is 10.2. The van der Waals surface area contributed by atoms with Gasteiger partial charge in [-0.05, 0) is 18.2 Å². The molecule has 1 aromatic heterocycles. The summed E-state index contributed by atoms with van der Waals surface area (Å²) >= 11 is 0. The number of nitrogen functional groups attached to an aromatic ring is 1. The van der Waals surface area contributed by atoms with E-state index in [9.17, 15) is 9.18 Å². The van der Waals surface area contributed by atoms with E-state index in [0.717, 1.165) is 6.07 Å². The van der Waals surface area contributed by atoms with E-state index in [1.165, 1.54) is 24.5 Å². The van der Waals surface area contributed by atoms with Crippen LogP contribution in [0.1, 0.15) is 10.4 Å². The van der Waals surface area contributed by atoms with E-state index in [1.807, 2.05) is 0 Å². The van der Waals surface area contributed by atoms with Gasteiger partial charge in [0, 0.05) is 11.8 Å². The van der Waals surface area contributed by atoms with E-state index in [0.29, 0.717) is 11.3 Å². The number of halogens is 1. The summed E-state index contributed by atoms with van der Waals surface area (Å²) in [7, 11) is 0. The number of nitrogens with two attached hydrogens (primary N) is 1. The number of rotatable bonds is 2. The van der Waals surface area contributed by atoms with Crippen LogP contribution in [0.15, 0.2) is 30.6 Å². The predicted octanol–water partition coefficient (Wildman–Crippen LogP) is 1.38. The lowest BCUT2D eigenvalue weighted by molar-refractivity contribution is 0.102. The number of H-pyrrole nitrogens is 1. The lowest BCUT2D eigenvalue weighted by Crippen LogP contribution is -2.12. The fourth-order valence-electron chi connectivity index (χ4n) is 1.21. The van der Waals surface area contributed by atoms with Crippen LogP contribution >= 0.6 is 0 Å². The van der Waals surface area contributed by atoms with Gasteiger partial charge in [0.2, 0.25) is 0 Å². The lowest BCUT2D eigenvalue weighted by atomic mass is 10.2. The quantitative estimate of drug-likeness (QED) is 0.668. The predicted molar refractivity (Wildman–Crippen MR) is 57.4 cm³/mol. The second kappa shape index (κ2) is 4.01. The Morgan fingerprint density at radius 2 is 2.31 bits per heavy atom. The van der Waals surface area contributed by atoms with Crippen LogP contribution in [0, 0.1) is 5.82 Å². The zero-order valence-corrected chi connectivity index (χ0v) is 8.20. The van der Waals surface area contributed by atoms with Crippen molar-refractivity contribution in [3.63, 3.8) is 0 Å². The molecule has 1 amide bonds. The van der Waals surface area contributed by atoms with Crippen molar-refractivity contribution in [2.24, 2.45) is 0 Å². The van der Waals surface area contributed by atoms with Crippen LogP contribution < -0.4 is 11.1 Å². The number of hydrogen-bond donors (Lipinski definition) is 3. The van der Waals surface area contributed by atoms with Gasteiger partial charge in [0.1, 0.15) is 5.82 Å². The first-order valence-electron chi connectivity index (χ1n) is 4.52. The SMILES string of the molecule is Nc1cc(C(=O)Nc2cn[nH]c2)ccc1F. The molecule has 1 aromatic carbocycles. The van der Waals surface area contributed by atoms with Gasteiger partial charge in [-0.25, -0.2) is 4.39 Å². The monoisotopic (exact) mass is 220 g/mol. The third-order valence-electron chi connectivity index (χ3n) is 2.01. The van der Waals surface area contributed by atoms with Crippen molar-refractivity contribution in [1.82, 2.24) is 10.2 Å². The number of benzene rings is 1. The number of anilines is 2. The van der Waals surface area contributed by atoms with E-state index >= 15 is 0 Å². The minimum atomic E-state index is -0.542. The molecule has 2 aromatic rings. The van der Waals surface area contributed by atoms with Crippen molar-refractivity contribution in [2.75, 3.05) is 11.1 Å². The highest BCUT2D eigenvalue weighted by Gasteiger charge is 2.08. The molecule has 0 saturated heterocycles. The molecule has 1 heterocycles. The number of hydrogen-bond acceptors (Lipinski definition) is 3. The Hall–Kier alpha value is -2.37. The molecular weight excluding hydrogens is 211 g/mol. The zero-order chi connectivity index (χ0) is 11.5. The highest BCUT2D eigenvalue weighted by atomic mass is 19.1. The number of aromatic amines is 1. The summed E-state index contributed by atoms with van der Waals surface area (Å²) in [6, 6.07) is 3.80. The lowest BCUT2D eigenvalue weighted by Gasteiger charge is -2.03. The largest absolute Gasteiger partial charge is 0.396 e. The van der Waals surface area contributed by atoms with Gasteiger partial charge in [-0.1, -0.05) is 0 Å². The summed E-state index contributed by atoms with van der Waals surface area (Å²) in [5.74, 6) is -0.909. The fraction of sp³-hybridized carbons (Fsp3) is 0. The number of carbonyl (C=O) groups is 1.